The van der Waals surface area contributed by atoms with Crippen LogP contribution in [0.15, 0.2) is 138 Å². The molecule has 3 nitrogen and oxygen atoms in total. The maximum absolute atomic E-state index is 6.56. The lowest BCUT2D eigenvalue weighted by molar-refractivity contribution is 0.561. The van der Waals surface area contributed by atoms with Crippen molar-refractivity contribution in [3.63, 3.8) is 0 Å². The molecule has 8 aromatic rings. The van der Waals surface area contributed by atoms with Gasteiger partial charge < -0.3 is 9.32 Å². The van der Waals surface area contributed by atoms with E-state index < -0.39 is 0 Å². The highest BCUT2D eigenvalue weighted by molar-refractivity contribution is 7.25. The summed E-state index contributed by atoms with van der Waals surface area (Å²) < 4.78 is 9.18. The number of fused-ring (bicyclic) bond motifs is 8. The van der Waals surface area contributed by atoms with Crippen LogP contribution < -0.4 is 4.90 Å². The van der Waals surface area contributed by atoms with Crippen LogP contribution in [0.2, 0.25) is 0 Å². The van der Waals surface area contributed by atoms with Crippen molar-refractivity contribution in [3.8, 4) is 11.5 Å². The molecule has 4 heteroatoms. The van der Waals surface area contributed by atoms with Crippen molar-refractivity contribution in [1.29, 1.82) is 0 Å². The monoisotopic (exact) mass is 584 g/mol. The predicted molar refractivity (Wildman–Crippen MR) is 186 cm³/mol. The minimum absolute atomic E-state index is 0.336. The van der Waals surface area contributed by atoms with Crippen molar-refractivity contribution < 1.29 is 4.42 Å². The zero-order valence-corrected chi connectivity index (χ0v) is 25.0. The number of oxazole rings is 1. The van der Waals surface area contributed by atoms with Crippen molar-refractivity contribution in [2.75, 3.05) is 4.90 Å². The Balaban J connectivity index is 1.22. The van der Waals surface area contributed by atoms with Crippen LogP contribution in [0, 0.1) is 0 Å². The van der Waals surface area contributed by atoms with Crippen molar-refractivity contribution >= 4 is 70.8 Å². The van der Waals surface area contributed by atoms with Crippen LogP contribution in [0.5, 0.6) is 0 Å². The second kappa shape index (κ2) is 9.66. The Hall–Kier alpha value is -5.19. The second-order valence-corrected chi connectivity index (χ2v) is 12.9. The van der Waals surface area contributed by atoms with Gasteiger partial charge >= 0.3 is 0 Å². The van der Waals surface area contributed by atoms with E-state index >= 15 is 0 Å². The normalized spacial score (nSPS) is 16.2. The maximum atomic E-state index is 6.56. The van der Waals surface area contributed by atoms with Gasteiger partial charge in [-0.05, 0) is 72.0 Å². The van der Waals surface area contributed by atoms with E-state index in [1.54, 1.807) is 0 Å². The van der Waals surface area contributed by atoms with Gasteiger partial charge in [0.2, 0.25) is 5.89 Å². The summed E-state index contributed by atoms with van der Waals surface area (Å²) >= 11 is 1.86. The molecule has 44 heavy (non-hydrogen) atoms. The molecule has 0 amide bonds. The first-order valence-corrected chi connectivity index (χ1v) is 15.8. The van der Waals surface area contributed by atoms with Crippen molar-refractivity contribution in [3.05, 3.63) is 145 Å². The quantitative estimate of drug-likeness (QED) is 0.206. The predicted octanol–water partition coefficient (Wildman–Crippen LogP) is 11.2. The second-order valence-electron chi connectivity index (χ2n) is 11.8. The lowest BCUT2D eigenvalue weighted by Gasteiger charge is -2.43. The number of hydrogen-bond acceptors (Lipinski definition) is 4. The molecule has 0 aliphatic heterocycles. The van der Waals surface area contributed by atoms with Gasteiger partial charge in [-0.3, -0.25) is 0 Å². The number of nitrogens with zero attached hydrogens (tertiary/aromatic N) is 2. The van der Waals surface area contributed by atoms with E-state index in [1.165, 1.54) is 48.1 Å². The first kappa shape index (κ1) is 25.3. The topological polar surface area (TPSA) is 29.3 Å². The number of para-hydroxylation sites is 1. The molecule has 9 rings (SSSR count). The Kier molecular flexibility index (Phi) is 5.56. The van der Waals surface area contributed by atoms with Crippen LogP contribution in [0.3, 0.4) is 0 Å². The zero-order chi connectivity index (χ0) is 29.3. The van der Waals surface area contributed by atoms with Gasteiger partial charge in [-0.25, -0.2) is 4.98 Å². The average Bonchev–Trinajstić information content (AvgIpc) is 3.67. The van der Waals surface area contributed by atoms with Gasteiger partial charge in [-0.2, -0.15) is 0 Å². The van der Waals surface area contributed by atoms with Crippen molar-refractivity contribution in [2.24, 2.45) is 0 Å². The summed E-state index contributed by atoms with van der Waals surface area (Å²) in [7, 11) is 0. The molecule has 6 aromatic carbocycles. The molecule has 0 spiro atoms. The molecule has 1 aliphatic rings. The fourth-order valence-electron chi connectivity index (χ4n) is 6.94. The van der Waals surface area contributed by atoms with E-state index in [4.69, 9.17) is 9.40 Å². The number of hydrogen-bond donors (Lipinski definition) is 0. The third-order valence-electron chi connectivity index (χ3n) is 9.01. The molecule has 0 bridgehead atoms. The minimum atomic E-state index is -0.336. The van der Waals surface area contributed by atoms with E-state index in [-0.39, 0.29) is 5.54 Å². The average molecular weight is 585 g/mol. The summed E-state index contributed by atoms with van der Waals surface area (Å²) in [4.78, 5) is 7.41. The summed E-state index contributed by atoms with van der Waals surface area (Å²) in [5.74, 6) is 0.655. The molecule has 210 valence electrons. The Bertz CT molecular complexity index is 2390. The first-order chi connectivity index (χ1) is 21.6. The molecule has 0 N–H and O–H groups in total. The lowest BCUT2D eigenvalue weighted by Crippen LogP contribution is -2.45. The molecule has 0 radical (unpaired) electrons. The lowest BCUT2D eigenvalue weighted by atomic mass is 9.80. The van der Waals surface area contributed by atoms with Crippen molar-refractivity contribution in [2.45, 2.75) is 18.9 Å². The van der Waals surface area contributed by atoms with Crippen molar-refractivity contribution in [1.82, 2.24) is 4.98 Å². The number of benzene rings is 6. The van der Waals surface area contributed by atoms with Gasteiger partial charge in [0, 0.05) is 48.9 Å². The van der Waals surface area contributed by atoms with E-state index in [1.807, 2.05) is 41.7 Å². The zero-order valence-electron chi connectivity index (χ0n) is 24.2. The summed E-state index contributed by atoms with van der Waals surface area (Å²) in [6, 6.07) is 45.3. The van der Waals surface area contributed by atoms with Crippen LogP contribution >= 0.6 is 11.3 Å². The van der Waals surface area contributed by atoms with Gasteiger partial charge in [0.05, 0.1) is 5.54 Å². The molecule has 0 saturated carbocycles. The van der Waals surface area contributed by atoms with Gasteiger partial charge in [0.25, 0.3) is 0 Å². The number of anilines is 2. The third kappa shape index (κ3) is 3.91. The number of aromatic nitrogens is 1. The minimum Gasteiger partial charge on any atom is -0.435 e. The molecule has 0 saturated heterocycles. The van der Waals surface area contributed by atoms with Gasteiger partial charge in [-0.1, -0.05) is 91.0 Å². The molecule has 2 heterocycles. The summed E-state index contributed by atoms with van der Waals surface area (Å²) in [5.41, 5.74) is 7.26. The van der Waals surface area contributed by atoms with Gasteiger partial charge in [-0.15, -0.1) is 11.3 Å². The largest absolute Gasteiger partial charge is 0.435 e. The highest BCUT2D eigenvalue weighted by Gasteiger charge is 2.35. The van der Waals surface area contributed by atoms with Crippen LogP contribution in [0.4, 0.5) is 11.4 Å². The van der Waals surface area contributed by atoms with Crippen LogP contribution in [-0.2, 0) is 6.42 Å². The molecule has 1 unspecified atom stereocenters. The Labute approximate surface area is 259 Å². The SMILES string of the molecule is CC1(N(c2ccccc2)c2ccc3c(c2)sc2ccccc23)C=Cc2ccc3ccc4nc(-c5ccccc5)oc4c3c2C1. The third-order valence-corrected chi connectivity index (χ3v) is 10.1. The highest BCUT2D eigenvalue weighted by atomic mass is 32.1. The van der Waals surface area contributed by atoms with Gasteiger partial charge in [0.1, 0.15) is 5.52 Å². The Morgan fingerprint density at radius 3 is 2.34 bits per heavy atom. The Morgan fingerprint density at radius 2 is 1.48 bits per heavy atom. The summed E-state index contributed by atoms with van der Waals surface area (Å²) in [6.45, 7) is 2.35. The molecule has 0 fully saturated rings. The smallest absolute Gasteiger partial charge is 0.227 e. The molecular weight excluding hydrogens is 557 g/mol. The van der Waals surface area contributed by atoms with E-state index in [2.05, 4.69) is 121 Å². The highest BCUT2D eigenvalue weighted by Crippen LogP contribution is 2.45. The van der Waals surface area contributed by atoms with Gasteiger partial charge in [0.15, 0.2) is 5.58 Å². The molecule has 2 aromatic heterocycles. The van der Waals surface area contributed by atoms with E-state index in [0.29, 0.717) is 5.89 Å². The number of thiophene rings is 1. The summed E-state index contributed by atoms with van der Waals surface area (Å²) in [5, 5.41) is 4.95. The number of rotatable bonds is 4. The maximum Gasteiger partial charge on any atom is 0.227 e. The fraction of sp³-hybridized carbons (Fsp3) is 0.0750. The van der Waals surface area contributed by atoms with Crippen LogP contribution in [-0.4, -0.2) is 10.5 Å². The first-order valence-electron chi connectivity index (χ1n) is 15.0. The van der Waals surface area contributed by atoms with E-state index in [9.17, 15) is 0 Å². The molecular formula is C40H28N2OS. The van der Waals surface area contributed by atoms with E-state index in [0.717, 1.165) is 28.5 Å². The summed E-state index contributed by atoms with van der Waals surface area (Å²) in [6.07, 6.45) is 5.48. The molecule has 1 atom stereocenters. The Morgan fingerprint density at radius 1 is 0.727 bits per heavy atom. The fourth-order valence-corrected chi connectivity index (χ4v) is 8.08. The standard InChI is InChI=1S/C40H28N2OS/c1-40(42(29-12-6-3-7-13-29)30-19-20-32-31-14-8-9-15-35(31)44-36(32)24-30)23-22-26-16-17-27-18-21-34-38(37(27)33(26)25-40)43-39(41-34)28-10-4-2-5-11-28/h2-24H,25H2,1H3. The van der Waals surface area contributed by atoms with Crippen LogP contribution in [0.25, 0.3) is 59.6 Å². The van der Waals surface area contributed by atoms with Crippen LogP contribution in [0.1, 0.15) is 18.1 Å². The molecule has 1 aliphatic carbocycles.